The van der Waals surface area contributed by atoms with Crippen LogP contribution in [0.5, 0.6) is 0 Å². The molecule has 1 aliphatic heterocycles. The zero-order valence-electron chi connectivity index (χ0n) is 13.1. The molecule has 8 nitrogen and oxygen atoms in total. The number of rotatable bonds is 9. The van der Waals surface area contributed by atoms with E-state index in [9.17, 15) is 9.90 Å². The van der Waals surface area contributed by atoms with Gasteiger partial charge in [0.2, 0.25) is 0 Å². The Morgan fingerprint density at radius 2 is 2.17 bits per heavy atom. The van der Waals surface area contributed by atoms with Gasteiger partial charge in [-0.05, 0) is 18.9 Å². The standard InChI is InChI=1S/C15H25N3O5/c16-13-5-6-18(15(21)17-13)14-9-11(20)12(23-14)10-22-8-4-2-1-3-7-19/h5-6,11-12,14,19-20H,1-4,7-10H2,(H2,16,17,21)/t11-,12+,14+/m0/s1. The van der Waals surface area contributed by atoms with Crippen molar-refractivity contribution in [3.05, 3.63) is 22.7 Å². The van der Waals surface area contributed by atoms with Gasteiger partial charge >= 0.3 is 5.69 Å². The number of nitrogen functional groups attached to an aromatic ring is 1. The van der Waals surface area contributed by atoms with Crippen molar-refractivity contribution in [1.82, 2.24) is 9.55 Å². The predicted octanol–water partition coefficient (Wildman–Crippen LogP) is 0.0432. The summed E-state index contributed by atoms with van der Waals surface area (Å²) in [4.78, 5) is 15.4. The molecule has 8 heteroatoms. The molecule has 0 radical (unpaired) electrons. The maximum absolute atomic E-state index is 11.8. The maximum Gasteiger partial charge on any atom is 0.351 e. The van der Waals surface area contributed by atoms with Crippen molar-refractivity contribution < 1.29 is 19.7 Å². The van der Waals surface area contributed by atoms with Gasteiger partial charge in [-0.15, -0.1) is 0 Å². The summed E-state index contributed by atoms with van der Waals surface area (Å²) in [5.41, 5.74) is 4.96. The fourth-order valence-corrected chi connectivity index (χ4v) is 2.55. The molecule has 1 aromatic heterocycles. The number of ether oxygens (including phenoxy) is 2. The molecule has 3 atom stereocenters. The van der Waals surface area contributed by atoms with Crippen LogP contribution in [0, 0.1) is 0 Å². The molecule has 1 fully saturated rings. The van der Waals surface area contributed by atoms with E-state index in [1.54, 1.807) is 0 Å². The molecular formula is C15H25N3O5. The highest BCUT2D eigenvalue weighted by atomic mass is 16.6. The molecule has 0 aliphatic carbocycles. The Labute approximate surface area is 134 Å². The smallest absolute Gasteiger partial charge is 0.351 e. The van der Waals surface area contributed by atoms with E-state index in [0.717, 1.165) is 25.7 Å². The second kappa shape index (κ2) is 8.97. The van der Waals surface area contributed by atoms with Gasteiger partial charge in [-0.2, -0.15) is 4.98 Å². The van der Waals surface area contributed by atoms with Gasteiger partial charge in [0.25, 0.3) is 0 Å². The first-order chi connectivity index (χ1) is 11.1. The van der Waals surface area contributed by atoms with E-state index in [1.807, 2.05) is 0 Å². The van der Waals surface area contributed by atoms with Crippen LogP contribution in [0.1, 0.15) is 38.3 Å². The Morgan fingerprint density at radius 1 is 1.39 bits per heavy atom. The molecule has 0 amide bonds. The SMILES string of the molecule is Nc1ccn([C@H]2C[C@H](O)[C@@H](COCCCCCCO)O2)c(=O)n1. The number of aliphatic hydroxyl groups excluding tert-OH is 2. The minimum atomic E-state index is -0.682. The summed E-state index contributed by atoms with van der Waals surface area (Å²) < 4.78 is 12.6. The van der Waals surface area contributed by atoms with Gasteiger partial charge < -0.3 is 25.4 Å². The zero-order chi connectivity index (χ0) is 16.7. The first-order valence-electron chi connectivity index (χ1n) is 7.98. The Balaban J connectivity index is 1.74. The molecule has 0 saturated carbocycles. The van der Waals surface area contributed by atoms with Crippen molar-refractivity contribution in [2.75, 3.05) is 25.6 Å². The maximum atomic E-state index is 11.8. The van der Waals surface area contributed by atoms with Crippen molar-refractivity contribution in [2.24, 2.45) is 0 Å². The monoisotopic (exact) mass is 327 g/mol. The van der Waals surface area contributed by atoms with Crippen LogP contribution in [0.25, 0.3) is 0 Å². The summed E-state index contributed by atoms with van der Waals surface area (Å²) in [6.07, 6.45) is 3.86. The zero-order valence-corrected chi connectivity index (χ0v) is 13.1. The number of nitrogens with two attached hydrogens (primary N) is 1. The lowest BCUT2D eigenvalue weighted by atomic mass is 10.2. The van der Waals surface area contributed by atoms with Crippen LogP contribution in [0.15, 0.2) is 17.1 Å². The quantitative estimate of drug-likeness (QED) is 0.548. The summed E-state index contributed by atoms with van der Waals surface area (Å²) in [5, 5.41) is 18.7. The van der Waals surface area contributed by atoms with E-state index in [1.165, 1.54) is 16.8 Å². The number of hydrogen-bond donors (Lipinski definition) is 3. The van der Waals surface area contributed by atoms with Gasteiger partial charge in [-0.3, -0.25) is 4.57 Å². The van der Waals surface area contributed by atoms with E-state index in [0.29, 0.717) is 13.0 Å². The van der Waals surface area contributed by atoms with E-state index < -0.39 is 24.1 Å². The largest absolute Gasteiger partial charge is 0.396 e. The molecule has 0 bridgehead atoms. The molecule has 23 heavy (non-hydrogen) atoms. The van der Waals surface area contributed by atoms with Gasteiger partial charge in [0.05, 0.1) is 12.7 Å². The molecule has 2 rings (SSSR count). The van der Waals surface area contributed by atoms with E-state index in [-0.39, 0.29) is 19.0 Å². The summed E-state index contributed by atoms with van der Waals surface area (Å²) in [6.45, 7) is 1.10. The van der Waals surface area contributed by atoms with Crippen LogP contribution in [0.3, 0.4) is 0 Å². The van der Waals surface area contributed by atoms with Crippen LogP contribution >= 0.6 is 0 Å². The highest BCUT2D eigenvalue weighted by Crippen LogP contribution is 2.27. The first-order valence-corrected chi connectivity index (χ1v) is 7.98. The van der Waals surface area contributed by atoms with Crippen molar-refractivity contribution in [3.8, 4) is 0 Å². The Bertz CT molecular complexity index is 536. The Kier molecular flexibility index (Phi) is 6.97. The summed E-state index contributed by atoms with van der Waals surface area (Å²) in [7, 11) is 0. The molecule has 1 aliphatic rings. The molecule has 0 spiro atoms. The molecule has 2 heterocycles. The minimum Gasteiger partial charge on any atom is -0.396 e. The van der Waals surface area contributed by atoms with Crippen LogP contribution in [-0.2, 0) is 9.47 Å². The molecule has 130 valence electrons. The molecule has 1 aromatic rings. The highest BCUT2D eigenvalue weighted by molar-refractivity contribution is 5.23. The van der Waals surface area contributed by atoms with Crippen LogP contribution in [0.2, 0.25) is 0 Å². The van der Waals surface area contributed by atoms with Crippen molar-refractivity contribution in [2.45, 2.75) is 50.5 Å². The van der Waals surface area contributed by atoms with Crippen LogP contribution < -0.4 is 11.4 Å². The fourth-order valence-electron chi connectivity index (χ4n) is 2.55. The number of hydrogen-bond acceptors (Lipinski definition) is 7. The van der Waals surface area contributed by atoms with E-state index in [4.69, 9.17) is 20.3 Å². The molecule has 0 unspecified atom stereocenters. The van der Waals surface area contributed by atoms with Crippen LogP contribution in [-0.4, -0.2) is 51.8 Å². The molecule has 4 N–H and O–H groups in total. The summed E-state index contributed by atoms with van der Waals surface area (Å²) in [6, 6.07) is 1.52. The van der Waals surface area contributed by atoms with E-state index >= 15 is 0 Å². The first kappa shape index (κ1) is 17.9. The third kappa shape index (κ3) is 5.28. The number of aliphatic hydroxyl groups is 2. The predicted molar refractivity (Wildman–Crippen MR) is 83.8 cm³/mol. The molecule has 0 aromatic carbocycles. The van der Waals surface area contributed by atoms with Gasteiger partial charge in [0, 0.05) is 25.8 Å². The van der Waals surface area contributed by atoms with Crippen molar-refractivity contribution >= 4 is 5.82 Å². The van der Waals surface area contributed by atoms with Gasteiger partial charge in [0.1, 0.15) is 18.1 Å². The fraction of sp³-hybridized carbons (Fsp3) is 0.733. The molecule has 1 saturated heterocycles. The summed E-state index contributed by atoms with van der Waals surface area (Å²) >= 11 is 0. The normalized spacial score (nSPS) is 24.2. The summed E-state index contributed by atoms with van der Waals surface area (Å²) in [5.74, 6) is 0.158. The Hall–Kier alpha value is -1.48. The third-order valence-electron chi connectivity index (χ3n) is 3.84. The lowest BCUT2D eigenvalue weighted by Crippen LogP contribution is -2.28. The minimum absolute atomic E-state index is 0.158. The number of unbranched alkanes of at least 4 members (excludes halogenated alkanes) is 3. The van der Waals surface area contributed by atoms with Gasteiger partial charge in [-0.25, -0.2) is 4.79 Å². The second-order valence-electron chi connectivity index (χ2n) is 5.69. The Morgan fingerprint density at radius 3 is 2.91 bits per heavy atom. The van der Waals surface area contributed by atoms with E-state index in [2.05, 4.69) is 4.98 Å². The average molecular weight is 327 g/mol. The topological polar surface area (TPSA) is 120 Å². The number of anilines is 1. The van der Waals surface area contributed by atoms with Crippen molar-refractivity contribution in [1.29, 1.82) is 0 Å². The van der Waals surface area contributed by atoms with Crippen LogP contribution in [0.4, 0.5) is 5.82 Å². The van der Waals surface area contributed by atoms with Gasteiger partial charge in [0.15, 0.2) is 0 Å². The highest BCUT2D eigenvalue weighted by Gasteiger charge is 2.35. The molecular weight excluding hydrogens is 302 g/mol. The number of aromatic nitrogens is 2. The average Bonchev–Trinajstić information content (AvgIpc) is 2.87. The number of nitrogens with zero attached hydrogens (tertiary/aromatic N) is 2. The third-order valence-corrected chi connectivity index (χ3v) is 3.84. The van der Waals surface area contributed by atoms with Crippen molar-refractivity contribution in [3.63, 3.8) is 0 Å². The lowest BCUT2D eigenvalue weighted by molar-refractivity contribution is -0.0637. The van der Waals surface area contributed by atoms with Gasteiger partial charge in [-0.1, -0.05) is 12.8 Å². The lowest BCUT2D eigenvalue weighted by Gasteiger charge is -2.16. The second-order valence-corrected chi connectivity index (χ2v) is 5.69.